The number of amides is 1. The second-order valence-corrected chi connectivity index (χ2v) is 5.34. The number of ether oxygens (including phenoxy) is 1. The number of benzene rings is 2. The standard InChI is InChI=1S/C16H17BrN2O2/c1-3-21-15-11(7-5-8-12(15)18)16(20)19-13-9-4-6-10(2)14(13)17/h4-9H,3,18H2,1-2H3,(H,19,20). The van der Waals surface area contributed by atoms with Crippen molar-refractivity contribution in [3.63, 3.8) is 0 Å². The van der Waals surface area contributed by atoms with Gasteiger partial charge in [-0.05, 0) is 53.5 Å². The molecular weight excluding hydrogens is 332 g/mol. The molecule has 0 saturated carbocycles. The fourth-order valence-electron chi connectivity index (χ4n) is 1.97. The first kappa shape index (κ1) is 15.4. The maximum Gasteiger partial charge on any atom is 0.259 e. The van der Waals surface area contributed by atoms with Crippen LogP contribution in [-0.4, -0.2) is 12.5 Å². The Morgan fingerprint density at radius 3 is 2.71 bits per heavy atom. The number of nitrogen functional groups attached to an aromatic ring is 1. The Labute approximate surface area is 132 Å². The van der Waals surface area contributed by atoms with Gasteiger partial charge >= 0.3 is 0 Å². The molecule has 0 fully saturated rings. The lowest BCUT2D eigenvalue weighted by Gasteiger charge is -2.14. The molecule has 0 aliphatic heterocycles. The molecule has 1 amide bonds. The molecule has 2 aromatic carbocycles. The molecule has 0 bridgehead atoms. The van der Waals surface area contributed by atoms with Crippen molar-refractivity contribution in [1.29, 1.82) is 0 Å². The maximum atomic E-state index is 12.5. The van der Waals surface area contributed by atoms with E-state index in [2.05, 4.69) is 21.2 Å². The van der Waals surface area contributed by atoms with Gasteiger partial charge in [-0.25, -0.2) is 0 Å². The first-order valence-electron chi connectivity index (χ1n) is 6.62. The van der Waals surface area contributed by atoms with Gasteiger partial charge in [0.1, 0.15) is 0 Å². The van der Waals surface area contributed by atoms with E-state index in [1.807, 2.05) is 32.0 Å². The fraction of sp³-hybridized carbons (Fsp3) is 0.188. The van der Waals surface area contributed by atoms with Gasteiger partial charge in [0.2, 0.25) is 0 Å². The average Bonchev–Trinajstić information content (AvgIpc) is 2.46. The zero-order valence-corrected chi connectivity index (χ0v) is 13.5. The van der Waals surface area contributed by atoms with Gasteiger partial charge in [0.15, 0.2) is 5.75 Å². The van der Waals surface area contributed by atoms with Crippen LogP contribution in [0.1, 0.15) is 22.8 Å². The second kappa shape index (κ2) is 6.63. The Morgan fingerprint density at radius 2 is 2.00 bits per heavy atom. The molecule has 21 heavy (non-hydrogen) atoms. The third kappa shape index (κ3) is 3.36. The molecule has 0 saturated heterocycles. The summed E-state index contributed by atoms with van der Waals surface area (Å²) in [4.78, 5) is 12.5. The molecule has 4 nitrogen and oxygen atoms in total. The topological polar surface area (TPSA) is 64.3 Å². The van der Waals surface area contributed by atoms with Crippen molar-refractivity contribution < 1.29 is 9.53 Å². The summed E-state index contributed by atoms with van der Waals surface area (Å²) in [6.07, 6.45) is 0. The number of carbonyl (C=O) groups is 1. The molecule has 0 aliphatic carbocycles. The number of nitrogens with two attached hydrogens (primary N) is 1. The van der Waals surface area contributed by atoms with E-state index in [0.717, 1.165) is 10.0 Å². The minimum absolute atomic E-state index is 0.253. The van der Waals surface area contributed by atoms with Crippen LogP contribution >= 0.6 is 15.9 Å². The summed E-state index contributed by atoms with van der Waals surface area (Å²) in [7, 11) is 0. The normalized spacial score (nSPS) is 10.2. The van der Waals surface area contributed by atoms with Gasteiger partial charge in [-0.2, -0.15) is 0 Å². The van der Waals surface area contributed by atoms with Gasteiger partial charge in [0, 0.05) is 4.47 Å². The molecule has 0 aliphatic rings. The number of anilines is 2. The van der Waals surface area contributed by atoms with Crippen LogP contribution < -0.4 is 15.8 Å². The summed E-state index contributed by atoms with van der Waals surface area (Å²) < 4.78 is 6.34. The van der Waals surface area contributed by atoms with Crippen LogP contribution in [0.4, 0.5) is 11.4 Å². The summed E-state index contributed by atoms with van der Waals surface area (Å²) in [5, 5.41) is 2.87. The van der Waals surface area contributed by atoms with E-state index < -0.39 is 0 Å². The van der Waals surface area contributed by atoms with Gasteiger partial charge < -0.3 is 15.8 Å². The van der Waals surface area contributed by atoms with Gasteiger partial charge in [0.25, 0.3) is 5.91 Å². The highest BCUT2D eigenvalue weighted by Crippen LogP contribution is 2.29. The van der Waals surface area contributed by atoms with E-state index in [1.54, 1.807) is 18.2 Å². The van der Waals surface area contributed by atoms with Crippen LogP contribution in [0.5, 0.6) is 5.75 Å². The number of halogens is 1. The number of hydrogen-bond donors (Lipinski definition) is 2. The van der Waals surface area contributed by atoms with Crippen LogP contribution in [0, 0.1) is 6.92 Å². The summed E-state index contributed by atoms with van der Waals surface area (Å²) in [6, 6.07) is 10.8. The van der Waals surface area contributed by atoms with Crippen molar-refractivity contribution in [2.45, 2.75) is 13.8 Å². The third-order valence-electron chi connectivity index (χ3n) is 3.02. The summed E-state index contributed by atoms with van der Waals surface area (Å²) in [5.74, 6) is 0.165. The molecular formula is C16H17BrN2O2. The monoisotopic (exact) mass is 348 g/mol. The second-order valence-electron chi connectivity index (χ2n) is 4.55. The van der Waals surface area contributed by atoms with Crippen molar-refractivity contribution in [2.75, 3.05) is 17.7 Å². The van der Waals surface area contributed by atoms with E-state index >= 15 is 0 Å². The van der Waals surface area contributed by atoms with Gasteiger partial charge in [-0.3, -0.25) is 4.79 Å². The zero-order valence-electron chi connectivity index (χ0n) is 11.9. The van der Waals surface area contributed by atoms with E-state index in [4.69, 9.17) is 10.5 Å². The quantitative estimate of drug-likeness (QED) is 0.821. The Bertz CT molecular complexity index is 671. The predicted octanol–water partition coefficient (Wildman–Crippen LogP) is 3.99. The summed E-state index contributed by atoms with van der Waals surface area (Å²) in [6.45, 7) is 4.26. The Hall–Kier alpha value is -2.01. The molecule has 0 spiro atoms. The molecule has 0 aromatic heterocycles. The number of rotatable bonds is 4. The number of nitrogens with one attached hydrogen (secondary N) is 1. The molecule has 2 aromatic rings. The molecule has 0 radical (unpaired) electrons. The number of aryl methyl sites for hydroxylation is 1. The van der Waals surface area contributed by atoms with Crippen molar-refractivity contribution >= 4 is 33.2 Å². The van der Waals surface area contributed by atoms with Crippen molar-refractivity contribution in [2.24, 2.45) is 0 Å². The van der Waals surface area contributed by atoms with Gasteiger partial charge in [-0.15, -0.1) is 0 Å². The lowest BCUT2D eigenvalue weighted by molar-refractivity contribution is 0.102. The van der Waals surface area contributed by atoms with Crippen LogP contribution in [-0.2, 0) is 0 Å². The van der Waals surface area contributed by atoms with E-state index in [0.29, 0.717) is 29.3 Å². The zero-order chi connectivity index (χ0) is 15.4. The largest absolute Gasteiger partial charge is 0.491 e. The highest BCUT2D eigenvalue weighted by Gasteiger charge is 2.16. The lowest BCUT2D eigenvalue weighted by atomic mass is 10.1. The van der Waals surface area contributed by atoms with Crippen LogP contribution in [0.2, 0.25) is 0 Å². The minimum Gasteiger partial charge on any atom is -0.491 e. The first-order chi connectivity index (χ1) is 10.0. The van der Waals surface area contributed by atoms with Gasteiger partial charge in [0.05, 0.1) is 23.5 Å². The van der Waals surface area contributed by atoms with Gasteiger partial charge in [-0.1, -0.05) is 18.2 Å². The van der Waals surface area contributed by atoms with E-state index in [-0.39, 0.29) is 5.91 Å². The minimum atomic E-state index is -0.253. The highest BCUT2D eigenvalue weighted by molar-refractivity contribution is 9.10. The Kier molecular flexibility index (Phi) is 4.85. The molecule has 5 heteroatoms. The number of para-hydroxylation sites is 1. The van der Waals surface area contributed by atoms with Crippen molar-refractivity contribution in [3.05, 3.63) is 52.0 Å². The van der Waals surface area contributed by atoms with E-state index in [1.165, 1.54) is 0 Å². The van der Waals surface area contributed by atoms with Crippen LogP contribution in [0.25, 0.3) is 0 Å². The van der Waals surface area contributed by atoms with Crippen LogP contribution in [0.3, 0.4) is 0 Å². The number of hydrogen-bond acceptors (Lipinski definition) is 3. The third-order valence-corrected chi connectivity index (χ3v) is 4.07. The number of carbonyl (C=O) groups excluding carboxylic acids is 1. The predicted molar refractivity (Wildman–Crippen MR) is 88.9 cm³/mol. The smallest absolute Gasteiger partial charge is 0.259 e. The summed E-state index contributed by atoms with van der Waals surface area (Å²) >= 11 is 3.47. The Balaban J connectivity index is 2.33. The molecule has 0 atom stereocenters. The van der Waals surface area contributed by atoms with E-state index in [9.17, 15) is 4.79 Å². The average molecular weight is 349 g/mol. The first-order valence-corrected chi connectivity index (χ1v) is 7.41. The lowest BCUT2D eigenvalue weighted by Crippen LogP contribution is -2.15. The maximum absolute atomic E-state index is 12.5. The molecule has 110 valence electrons. The van der Waals surface area contributed by atoms with Crippen molar-refractivity contribution in [3.8, 4) is 5.75 Å². The molecule has 0 heterocycles. The summed E-state index contributed by atoms with van der Waals surface area (Å²) in [5.41, 5.74) is 8.51. The SMILES string of the molecule is CCOc1c(N)cccc1C(=O)Nc1cccc(C)c1Br. The van der Waals surface area contributed by atoms with Crippen LogP contribution in [0.15, 0.2) is 40.9 Å². The fourth-order valence-corrected chi connectivity index (χ4v) is 2.34. The van der Waals surface area contributed by atoms with Crippen molar-refractivity contribution in [1.82, 2.24) is 0 Å². The highest BCUT2D eigenvalue weighted by atomic mass is 79.9. The molecule has 2 rings (SSSR count). The molecule has 3 N–H and O–H groups in total. The molecule has 0 unspecified atom stereocenters. The Morgan fingerprint density at radius 1 is 1.29 bits per heavy atom.